The lowest BCUT2D eigenvalue weighted by molar-refractivity contribution is -0.134. The molecule has 5 nitrogen and oxygen atoms in total. The van der Waals surface area contributed by atoms with Gasteiger partial charge in [0, 0.05) is 19.0 Å². The third kappa shape index (κ3) is 5.58. The van der Waals surface area contributed by atoms with Crippen molar-refractivity contribution in [1.29, 1.82) is 0 Å². The van der Waals surface area contributed by atoms with Crippen LogP contribution in [0.2, 0.25) is 0 Å². The van der Waals surface area contributed by atoms with Crippen molar-refractivity contribution in [2.45, 2.75) is 65.5 Å². The molecular formula is C28H36N2O3. The van der Waals surface area contributed by atoms with Gasteiger partial charge in [0.2, 0.25) is 5.91 Å². The Bertz CT molecular complexity index is 1010. The van der Waals surface area contributed by atoms with Gasteiger partial charge in [-0.2, -0.15) is 0 Å². The molecule has 176 valence electrons. The fraction of sp³-hybridized carbons (Fsp3) is 0.500. The maximum atomic E-state index is 13.2. The highest BCUT2D eigenvalue weighted by atomic mass is 16.5. The van der Waals surface area contributed by atoms with E-state index < -0.39 is 6.10 Å². The highest BCUT2D eigenvalue weighted by molar-refractivity contribution is 5.82. The summed E-state index contributed by atoms with van der Waals surface area (Å²) in [5, 5.41) is 2.96. The minimum Gasteiger partial charge on any atom is -0.481 e. The summed E-state index contributed by atoms with van der Waals surface area (Å²) >= 11 is 0. The average Bonchev–Trinajstić information content (AvgIpc) is 3.63. The number of nitrogens with zero attached hydrogens (tertiary/aromatic N) is 1. The van der Waals surface area contributed by atoms with Gasteiger partial charge >= 0.3 is 0 Å². The van der Waals surface area contributed by atoms with Crippen molar-refractivity contribution in [2.75, 3.05) is 13.1 Å². The number of carbonyl (C=O) groups is 2. The molecule has 0 spiro atoms. The molecule has 1 saturated carbocycles. The fourth-order valence-corrected chi connectivity index (χ4v) is 4.55. The number of hydrogen-bond donors (Lipinski definition) is 1. The molecule has 1 N–H and O–H groups in total. The standard InChI is InChI=1S/C28H36N2O3/c1-18(2)12-14-29-27(31)20(4)33-24-11-10-21-13-15-30(28(32)22-8-9-22)26(25(21)17-24)23-7-5-6-19(3)16-23/h5-7,10-11,16-18,20,22,26H,8-9,12-15H2,1-4H3,(H,29,31). The Kier molecular flexibility index (Phi) is 7.06. The quantitative estimate of drug-likeness (QED) is 0.631. The molecular weight excluding hydrogens is 412 g/mol. The summed E-state index contributed by atoms with van der Waals surface area (Å²) in [7, 11) is 0. The molecule has 2 unspecified atom stereocenters. The van der Waals surface area contributed by atoms with Crippen LogP contribution in [0.15, 0.2) is 42.5 Å². The van der Waals surface area contributed by atoms with E-state index in [1.807, 2.05) is 12.1 Å². The summed E-state index contributed by atoms with van der Waals surface area (Å²) in [5.74, 6) is 1.54. The summed E-state index contributed by atoms with van der Waals surface area (Å²) in [4.78, 5) is 27.7. The summed E-state index contributed by atoms with van der Waals surface area (Å²) in [6.45, 7) is 9.53. The summed E-state index contributed by atoms with van der Waals surface area (Å²) in [5.41, 5.74) is 4.65. The lowest BCUT2D eigenvalue weighted by Gasteiger charge is -2.38. The molecule has 1 aliphatic carbocycles. The van der Waals surface area contributed by atoms with Gasteiger partial charge in [0.15, 0.2) is 6.10 Å². The van der Waals surface area contributed by atoms with E-state index in [0.29, 0.717) is 18.2 Å². The highest BCUT2D eigenvalue weighted by Crippen LogP contribution is 2.41. The van der Waals surface area contributed by atoms with E-state index in [1.165, 1.54) is 11.1 Å². The Morgan fingerprint density at radius 2 is 1.91 bits per heavy atom. The van der Waals surface area contributed by atoms with Crippen molar-refractivity contribution in [2.24, 2.45) is 11.8 Å². The van der Waals surface area contributed by atoms with Crippen LogP contribution in [0.1, 0.15) is 68.3 Å². The first-order valence-corrected chi connectivity index (χ1v) is 12.3. The zero-order valence-corrected chi connectivity index (χ0v) is 20.3. The third-order valence-electron chi connectivity index (χ3n) is 6.62. The molecule has 2 aliphatic rings. The van der Waals surface area contributed by atoms with Crippen molar-refractivity contribution in [1.82, 2.24) is 10.2 Å². The first-order valence-electron chi connectivity index (χ1n) is 12.3. The number of benzene rings is 2. The number of aryl methyl sites for hydroxylation is 1. The number of ether oxygens (including phenoxy) is 1. The van der Waals surface area contributed by atoms with E-state index >= 15 is 0 Å². The van der Waals surface area contributed by atoms with Crippen molar-refractivity contribution in [3.63, 3.8) is 0 Å². The summed E-state index contributed by atoms with van der Waals surface area (Å²) in [6, 6.07) is 14.4. The Labute approximate surface area is 197 Å². The van der Waals surface area contributed by atoms with Gasteiger partial charge in [0.25, 0.3) is 5.91 Å². The van der Waals surface area contributed by atoms with Crippen LogP contribution >= 0.6 is 0 Å². The zero-order valence-electron chi connectivity index (χ0n) is 20.3. The first-order chi connectivity index (χ1) is 15.8. The molecule has 2 aromatic rings. The number of rotatable bonds is 8. The minimum atomic E-state index is -0.583. The molecule has 2 aromatic carbocycles. The van der Waals surface area contributed by atoms with Gasteiger partial charge in [-0.25, -0.2) is 0 Å². The lowest BCUT2D eigenvalue weighted by Crippen LogP contribution is -2.41. The van der Waals surface area contributed by atoms with E-state index in [1.54, 1.807) is 6.92 Å². The zero-order chi connectivity index (χ0) is 23.5. The molecule has 5 heteroatoms. The predicted octanol–water partition coefficient (Wildman–Crippen LogP) is 4.81. The molecule has 1 heterocycles. The molecule has 0 saturated heterocycles. The van der Waals surface area contributed by atoms with Crippen molar-refractivity contribution in [3.8, 4) is 5.75 Å². The molecule has 1 aliphatic heterocycles. The summed E-state index contributed by atoms with van der Waals surface area (Å²) < 4.78 is 6.05. The largest absolute Gasteiger partial charge is 0.481 e. The minimum absolute atomic E-state index is 0.103. The fourth-order valence-electron chi connectivity index (χ4n) is 4.55. The molecule has 4 rings (SSSR count). The lowest BCUT2D eigenvalue weighted by atomic mass is 9.87. The van der Waals surface area contributed by atoms with Gasteiger partial charge in [0.05, 0.1) is 6.04 Å². The summed E-state index contributed by atoms with van der Waals surface area (Å²) in [6.07, 6.45) is 3.19. The van der Waals surface area contributed by atoms with Crippen LogP contribution < -0.4 is 10.1 Å². The number of amides is 2. The van der Waals surface area contributed by atoms with Gasteiger partial charge in [-0.3, -0.25) is 9.59 Å². The highest BCUT2D eigenvalue weighted by Gasteiger charge is 2.39. The SMILES string of the molecule is Cc1cccc(C2c3cc(OC(C)C(=O)NCCC(C)C)ccc3CCN2C(=O)C2CC2)c1. The predicted molar refractivity (Wildman–Crippen MR) is 130 cm³/mol. The first kappa shape index (κ1) is 23.3. The molecule has 33 heavy (non-hydrogen) atoms. The van der Waals surface area contributed by atoms with Gasteiger partial charge in [0.1, 0.15) is 5.75 Å². The molecule has 2 amide bonds. The maximum absolute atomic E-state index is 13.2. The van der Waals surface area contributed by atoms with Gasteiger partial charge < -0.3 is 15.0 Å². The topological polar surface area (TPSA) is 58.6 Å². The number of hydrogen-bond acceptors (Lipinski definition) is 3. The molecule has 1 fully saturated rings. The van der Waals surface area contributed by atoms with Crippen LogP contribution in [0.5, 0.6) is 5.75 Å². The van der Waals surface area contributed by atoms with Gasteiger partial charge in [-0.1, -0.05) is 49.7 Å². The van der Waals surface area contributed by atoms with Crippen LogP contribution in [-0.2, 0) is 16.0 Å². The Morgan fingerprint density at radius 1 is 1.12 bits per heavy atom. The Balaban J connectivity index is 1.58. The average molecular weight is 449 g/mol. The van der Waals surface area contributed by atoms with E-state index in [0.717, 1.165) is 43.4 Å². The molecule has 0 bridgehead atoms. The second-order valence-corrected chi connectivity index (χ2v) is 9.97. The second kappa shape index (κ2) is 9.98. The molecule has 0 aromatic heterocycles. The third-order valence-corrected chi connectivity index (χ3v) is 6.62. The maximum Gasteiger partial charge on any atom is 0.260 e. The van der Waals surface area contributed by atoms with Crippen molar-refractivity contribution in [3.05, 3.63) is 64.7 Å². The van der Waals surface area contributed by atoms with Crippen molar-refractivity contribution >= 4 is 11.8 Å². The van der Waals surface area contributed by atoms with Crippen LogP contribution in [0.4, 0.5) is 0 Å². The molecule has 0 radical (unpaired) electrons. The van der Waals surface area contributed by atoms with Crippen LogP contribution in [0.3, 0.4) is 0 Å². The van der Waals surface area contributed by atoms with Gasteiger partial charge in [-0.15, -0.1) is 0 Å². The second-order valence-electron chi connectivity index (χ2n) is 9.97. The Morgan fingerprint density at radius 3 is 2.61 bits per heavy atom. The van der Waals surface area contributed by atoms with Crippen molar-refractivity contribution < 1.29 is 14.3 Å². The normalized spacial score (nSPS) is 18.6. The van der Waals surface area contributed by atoms with Crippen LogP contribution in [0.25, 0.3) is 0 Å². The van der Waals surface area contributed by atoms with Gasteiger partial charge in [-0.05, 0) is 74.3 Å². The smallest absolute Gasteiger partial charge is 0.260 e. The van der Waals surface area contributed by atoms with E-state index in [4.69, 9.17) is 4.74 Å². The van der Waals surface area contributed by atoms with E-state index in [2.05, 4.69) is 61.3 Å². The Hall–Kier alpha value is -2.82. The number of fused-ring (bicyclic) bond motifs is 1. The number of nitrogens with one attached hydrogen (secondary N) is 1. The van der Waals surface area contributed by atoms with E-state index in [-0.39, 0.29) is 23.8 Å². The number of carbonyl (C=O) groups excluding carboxylic acids is 2. The van der Waals surface area contributed by atoms with Crippen LogP contribution in [-0.4, -0.2) is 35.9 Å². The molecule has 2 atom stereocenters. The monoisotopic (exact) mass is 448 g/mol. The van der Waals surface area contributed by atoms with Crippen LogP contribution in [0, 0.1) is 18.8 Å². The van der Waals surface area contributed by atoms with E-state index in [9.17, 15) is 9.59 Å².